The number of amides is 4. The van der Waals surface area contributed by atoms with Crippen molar-refractivity contribution >= 4 is 37.5 Å². The number of hydrogen-bond donors (Lipinski definition) is 5. The van der Waals surface area contributed by atoms with Gasteiger partial charge in [0.05, 0.1) is 0 Å². The predicted molar refractivity (Wildman–Crippen MR) is 202 cm³/mol. The maximum atomic E-state index is 14.0. The predicted octanol–water partition coefficient (Wildman–Crippen LogP) is 4.15. The second-order valence-corrected chi connectivity index (χ2v) is 14.9. The minimum atomic E-state index is -4.70. The third-order valence-corrected chi connectivity index (χ3v) is 9.20. The van der Waals surface area contributed by atoms with Crippen molar-refractivity contribution in [3.05, 3.63) is 108 Å². The van der Waals surface area contributed by atoms with Crippen LogP contribution in [0.3, 0.4) is 0 Å². The first-order valence-corrected chi connectivity index (χ1v) is 19.3. The van der Waals surface area contributed by atoms with Crippen LogP contribution in [0.15, 0.2) is 91.0 Å². The Kier molecular flexibility index (Phi) is 15.4. The lowest BCUT2D eigenvalue weighted by atomic mass is 10.0. The average Bonchev–Trinajstić information content (AvgIpc) is 3.60. The van der Waals surface area contributed by atoms with Crippen molar-refractivity contribution in [2.75, 3.05) is 13.1 Å². The van der Waals surface area contributed by atoms with Gasteiger partial charge in [0.2, 0.25) is 23.6 Å². The summed E-state index contributed by atoms with van der Waals surface area (Å²) in [6.45, 7) is 5.93. The lowest BCUT2D eigenvalue weighted by Crippen LogP contribution is -2.55. The smallest absolute Gasteiger partial charge is 0.404 e. The monoisotopic (exact) mass is 747 g/mol. The molecule has 284 valence electrons. The molecule has 4 rings (SSSR count). The lowest BCUT2D eigenvalue weighted by Gasteiger charge is -2.32. The largest absolute Gasteiger partial charge is 0.524 e. The van der Waals surface area contributed by atoms with Crippen LogP contribution < -0.4 is 20.9 Å². The number of benzene rings is 3. The molecule has 0 bridgehead atoms. The number of phosphoric ester groups is 1. The van der Waals surface area contributed by atoms with Crippen LogP contribution >= 0.6 is 7.82 Å². The maximum Gasteiger partial charge on any atom is 0.524 e. The molecular weight excluding hydrogens is 697 g/mol. The standard InChI is InChI=1S/C39H50N5O8P/c1-28(2)24-34(42-37(46)22-17-29-15-19-33(20-16-29)52-53(49,50)51)39(48)44-23-9-14-35(44)38(47)41-32(18-21-36(40)45)27-43(25-30-10-5-3-6-11-30)26-31-12-7-4-8-13-31/h3-8,10-13,15-17,19-20,22,28,32,34-35H,9,14,18,21,23-27H2,1-2H3,(H2,40,45)(H,41,47)(H,42,46)(H2,49,50,51)/b22-17+/t32-,34-,35-/m0/s1. The van der Waals surface area contributed by atoms with Crippen molar-refractivity contribution in [1.82, 2.24) is 20.4 Å². The molecule has 0 spiro atoms. The third-order valence-electron chi connectivity index (χ3n) is 8.75. The number of nitrogens with one attached hydrogen (secondary N) is 2. The van der Waals surface area contributed by atoms with Crippen LogP contribution in [-0.4, -0.2) is 74.4 Å². The molecule has 1 aliphatic heterocycles. The maximum absolute atomic E-state index is 14.0. The molecule has 6 N–H and O–H groups in total. The average molecular weight is 748 g/mol. The number of likely N-dealkylation sites (tertiary alicyclic amines) is 1. The van der Waals surface area contributed by atoms with Crippen LogP contribution in [0.4, 0.5) is 0 Å². The molecule has 14 heteroatoms. The second-order valence-electron chi connectivity index (χ2n) is 13.7. The highest BCUT2D eigenvalue weighted by Gasteiger charge is 2.38. The molecule has 13 nitrogen and oxygen atoms in total. The number of primary amides is 1. The molecule has 3 aromatic carbocycles. The summed E-state index contributed by atoms with van der Waals surface area (Å²) in [4.78, 5) is 74.6. The Hall–Kier alpha value is -4.81. The Balaban J connectivity index is 1.45. The fraction of sp³-hybridized carbons (Fsp3) is 0.385. The van der Waals surface area contributed by atoms with Crippen LogP contribution in [0.1, 0.15) is 62.6 Å². The zero-order valence-corrected chi connectivity index (χ0v) is 31.1. The fourth-order valence-corrected chi connectivity index (χ4v) is 6.76. The lowest BCUT2D eigenvalue weighted by molar-refractivity contribution is -0.141. The minimum Gasteiger partial charge on any atom is -0.404 e. The zero-order chi connectivity index (χ0) is 38.4. The van der Waals surface area contributed by atoms with Gasteiger partial charge in [0.15, 0.2) is 0 Å². The van der Waals surface area contributed by atoms with Gasteiger partial charge in [-0.25, -0.2) is 4.57 Å². The molecule has 0 aliphatic carbocycles. The van der Waals surface area contributed by atoms with Crippen molar-refractivity contribution in [2.45, 2.75) is 77.2 Å². The SMILES string of the molecule is CC(C)C[C@H](NC(=O)/C=C/c1ccc(OP(=O)(O)O)cc1)C(=O)N1CCC[C@H]1C(=O)N[C@@H](CCC(N)=O)CN(Cc1ccccc1)Cc1ccccc1. The molecule has 0 unspecified atom stereocenters. The molecule has 3 aromatic rings. The fourth-order valence-electron chi connectivity index (χ4n) is 6.37. The van der Waals surface area contributed by atoms with Crippen LogP contribution in [0.2, 0.25) is 0 Å². The molecular formula is C39H50N5O8P. The van der Waals surface area contributed by atoms with Crippen LogP contribution in [-0.2, 0) is 36.8 Å². The zero-order valence-electron chi connectivity index (χ0n) is 30.2. The molecule has 0 radical (unpaired) electrons. The number of phosphoric acid groups is 1. The highest BCUT2D eigenvalue weighted by molar-refractivity contribution is 7.46. The Morgan fingerprint density at radius 2 is 1.55 bits per heavy atom. The number of nitrogens with zero attached hydrogens (tertiary/aromatic N) is 2. The Bertz CT molecular complexity index is 1690. The molecule has 0 saturated carbocycles. The number of carbonyl (C=O) groups excluding carboxylic acids is 4. The number of carbonyl (C=O) groups is 4. The molecule has 4 amide bonds. The van der Waals surface area contributed by atoms with Gasteiger partial charge < -0.3 is 25.8 Å². The van der Waals surface area contributed by atoms with Crippen molar-refractivity contribution < 1.29 is 38.1 Å². The van der Waals surface area contributed by atoms with Gasteiger partial charge in [0, 0.05) is 44.7 Å². The molecule has 1 heterocycles. The van der Waals surface area contributed by atoms with E-state index in [9.17, 15) is 23.7 Å². The van der Waals surface area contributed by atoms with Gasteiger partial charge in [-0.15, -0.1) is 0 Å². The second kappa shape index (κ2) is 19.9. The van der Waals surface area contributed by atoms with Crippen LogP contribution in [0.5, 0.6) is 5.75 Å². The number of hydrogen-bond acceptors (Lipinski definition) is 7. The van der Waals surface area contributed by atoms with E-state index in [1.54, 1.807) is 4.90 Å². The minimum absolute atomic E-state index is 0.0254. The summed E-state index contributed by atoms with van der Waals surface area (Å²) in [5.41, 5.74) is 8.32. The van der Waals surface area contributed by atoms with Gasteiger partial charge in [0.25, 0.3) is 0 Å². The van der Waals surface area contributed by atoms with Gasteiger partial charge in [-0.2, -0.15) is 0 Å². The molecule has 53 heavy (non-hydrogen) atoms. The summed E-state index contributed by atoms with van der Waals surface area (Å²) in [7, 11) is -4.70. The summed E-state index contributed by atoms with van der Waals surface area (Å²) in [5.74, 6) is -1.60. The quantitative estimate of drug-likeness (QED) is 0.0886. The van der Waals surface area contributed by atoms with Gasteiger partial charge in [-0.1, -0.05) is 86.6 Å². The van der Waals surface area contributed by atoms with Gasteiger partial charge >= 0.3 is 7.82 Å². The molecule has 0 aromatic heterocycles. The first-order valence-electron chi connectivity index (χ1n) is 17.8. The van der Waals surface area contributed by atoms with Crippen molar-refractivity contribution in [3.63, 3.8) is 0 Å². The van der Waals surface area contributed by atoms with E-state index in [2.05, 4.69) is 20.1 Å². The van der Waals surface area contributed by atoms with E-state index >= 15 is 0 Å². The van der Waals surface area contributed by atoms with E-state index in [-0.39, 0.29) is 29.9 Å². The summed E-state index contributed by atoms with van der Waals surface area (Å²) >= 11 is 0. The summed E-state index contributed by atoms with van der Waals surface area (Å²) in [6, 6.07) is 23.8. The summed E-state index contributed by atoms with van der Waals surface area (Å²) < 4.78 is 15.6. The first kappa shape index (κ1) is 41.0. The molecule has 3 atom stereocenters. The van der Waals surface area contributed by atoms with Crippen LogP contribution in [0.25, 0.3) is 6.08 Å². The highest BCUT2D eigenvalue weighted by atomic mass is 31.2. The highest BCUT2D eigenvalue weighted by Crippen LogP contribution is 2.37. The van der Waals surface area contributed by atoms with E-state index in [0.717, 1.165) is 11.1 Å². The third kappa shape index (κ3) is 14.3. The number of nitrogens with two attached hydrogens (primary N) is 1. The van der Waals surface area contributed by atoms with Gasteiger partial charge in [-0.3, -0.25) is 33.9 Å². The Morgan fingerprint density at radius 1 is 0.943 bits per heavy atom. The van der Waals surface area contributed by atoms with E-state index < -0.39 is 37.8 Å². The van der Waals surface area contributed by atoms with E-state index in [4.69, 9.17) is 15.5 Å². The van der Waals surface area contributed by atoms with Gasteiger partial charge in [0.1, 0.15) is 17.8 Å². The molecule has 1 saturated heterocycles. The van der Waals surface area contributed by atoms with Crippen molar-refractivity contribution in [1.29, 1.82) is 0 Å². The molecule has 1 fully saturated rings. The Morgan fingerprint density at radius 3 is 2.09 bits per heavy atom. The normalized spacial score (nSPS) is 15.7. The summed E-state index contributed by atoms with van der Waals surface area (Å²) in [5, 5.41) is 5.95. The Labute approximate surface area is 310 Å². The summed E-state index contributed by atoms with van der Waals surface area (Å²) in [6.07, 6.45) is 4.63. The topological polar surface area (TPSA) is 192 Å². The van der Waals surface area contributed by atoms with E-state index in [1.165, 1.54) is 36.4 Å². The van der Waals surface area contributed by atoms with Gasteiger partial charge in [-0.05, 0) is 66.5 Å². The number of rotatable bonds is 19. The van der Waals surface area contributed by atoms with E-state index in [0.29, 0.717) is 57.4 Å². The first-order chi connectivity index (χ1) is 25.3. The van der Waals surface area contributed by atoms with Crippen LogP contribution in [0, 0.1) is 5.92 Å². The van der Waals surface area contributed by atoms with E-state index in [1.807, 2.05) is 74.5 Å². The van der Waals surface area contributed by atoms with Crippen molar-refractivity contribution in [3.8, 4) is 5.75 Å². The molecule has 1 aliphatic rings. The van der Waals surface area contributed by atoms with Crippen molar-refractivity contribution in [2.24, 2.45) is 11.7 Å².